The lowest BCUT2D eigenvalue weighted by molar-refractivity contribution is -0.143. The molecular formula is C32H35BrN2O9S. The van der Waals surface area contributed by atoms with E-state index >= 15 is 0 Å². The van der Waals surface area contributed by atoms with Crippen LogP contribution >= 0.6 is 27.3 Å². The average Bonchev–Trinajstić information content (AvgIpc) is 3.30. The minimum atomic E-state index is -0.876. The van der Waals surface area contributed by atoms with E-state index in [0.29, 0.717) is 60.2 Å². The summed E-state index contributed by atoms with van der Waals surface area (Å²) in [6.45, 7) is 9.21. The van der Waals surface area contributed by atoms with Gasteiger partial charge in [0, 0.05) is 0 Å². The van der Waals surface area contributed by atoms with Crippen LogP contribution in [0.2, 0.25) is 0 Å². The molecule has 0 amide bonds. The highest BCUT2D eigenvalue weighted by Gasteiger charge is 2.34. The predicted molar refractivity (Wildman–Crippen MR) is 172 cm³/mol. The van der Waals surface area contributed by atoms with E-state index in [2.05, 4.69) is 25.7 Å². The van der Waals surface area contributed by atoms with E-state index in [0.717, 1.165) is 0 Å². The maximum atomic E-state index is 14.1. The van der Waals surface area contributed by atoms with Crippen LogP contribution in [0.15, 0.2) is 55.9 Å². The summed E-state index contributed by atoms with van der Waals surface area (Å²) in [7, 11) is 2.82. The Morgan fingerprint density at radius 1 is 1.07 bits per heavy atom. The zero-order chi connectivity index (χ0) is 32.8. The molecule has 0 aliphatic carbocycles. The standard InChI is InChI=1S/C32H35BrN2O9S/c1-8-41-23-15-20(10-11-22(23)43-16-26(36)40-7)28-27(31(38)42-9-2)18(5)34-32-35(28)30(37)25(45-32)14-19-12-21(33)29(44-17(3)4)24(13-19)39-6/h10-15,17,28H,8-9,16H2,1-7H3/b25-14+/t28-/m1/s1. The molecule has 2 aromatic carbocycles. The van der Waals surface area contributed by atoms with Gasteiger partial charge in [-0.15, -0.1) is 0 Å². The number of aromatic nitrogens is 1. The summed E-state index contributed by atoms with van der Waals surface area (Å²) in [6, 6.07) is 7.78. The van der Waals surface area contributed by atoms with E-state index in [1.54, 1.807) is 51.3 Å². The number of carbonyl (C=O) groups excluding carboxylic acids is 2. The molecular weight excluding hydrogens is 668 g/mol. The first-order chi connectivity index (χ1) is 21.5. The summed E-state index contributed by atoms with van der Waals surface area (Å²) < 4.78 is 35.5. The van der Waals surface area contributed by atoms with Gasteiger partial charge in [0.05, 0.1) is 59.9 Å². The number of halogens is 1. The van der Waals surface area contributed by atoms with Gasteiger partial charge in [-0.2, -0.15) is 0 Å². The molecule has 0 saturated heterocycles. The van der Waals surface area contributed by atoms with Crippen molar-refractivity contribution in [2.45, 2.75) is 46.8 Å². The zero-order valence-corrected chi connectivity index (χ0v) is 28.5. The van der Waals surface area contributed by atoms with Crippen LogP contribution in [0.3, 0.4) is 0 Å². The molecule has 4 rings (SSSR count). The van der Waals surface area contributed by atoms with Crippen LogP contribution in [-0.4, -0.2) is 56.6 Å². The number of thiazole rings is 1. The number of hydrogen-bond acceptors (Lipinski definition) is 11. The Kier molecular flexibility index (Phi) is 11.1. The molecule has 2 heterocycles. The van der Waals surface area contributed by atoms with Gasteiger partial charge in [-0.1, -0.05) is 17.4 Å². The second-order valence-electron chi connectivity index (χ2n) is 10.0. The second kappa shape index (κ2) is 14.8. The fraction of sp³-hybridized carbons (Fsp3) is 0.375. The van der Waals surface area contributed by atoms with Gasteiger partial charge in [0.1, 0.15) is 0 Å². The number of hydrogen-bond donors (Lipinski definition) is 0. The lowest BCUT2D eigenvalue weighted by Gasteiger charge is -2.25. The van der Waals surface area contributed by atoms with Crippen LogP contribution in [0.25, 0.3) is 6.08 Å². The number of methoxy groups -OCH3 is 2. The lowest BCUT2D eigenvalue weighted by Crippen LogP contribution is -2.40. The molecule has 45 heavy (non-hydrogen) atoms. The van der Waals surface area contributed by atoms with E-state index in [1.165, 1.54) is 23.0 Å². The molecule has 13 heteroatoms. The molecule has 0 fully saturated rings. The number of fused-ring (bicyclic) bond motifs is 1. The van der Waals surface area contributed by atoms with Gasteiger partial charge in [0.2, 0.25) is 0 Å². The lowest BCUT2D eigenvalue weighted by atomic mass is 9.95. The third kappa shape index (κ3) is 7.42. The Bertz CT molecular complexity index is 1810. The normalized spacial score (nSPS) is 14.5. The van der Waals surface area contributed by atoms with Crippen LogP contribution in [0.4, 0.5) is 0 Å². The minimum absolute atomic E-state index is 0.0710. The minimum Gasteiger partial charge on any atom is -0.493 e. The molecule has 0 unspecified atom stereocenters. The number of benzene rings is 2. The second-order valence-corrected chi connectivity index (χ2v) is 11.9. The van der Waals surface area contributed by atoms with E-state index in [9.17, 15) is 14.4 Å². The van der Waals surface area contributed by atoms with Gasteiger partial charge in [-0.3, -0.25) is 9.36 Å². The molecule has 1 atom stereocenters. The Balaban J connectivity index is 1.90. The summed E-state index contributed by atoms with van der Waals surface area (Å²) >= 11 is 4.76. The van der Waals surface area contributed by atoms with Crippen LogP contribution in [0, 0.1) is 0 Å². The maximum absolute atomic E-state index is 14.1. The van der Waals surface area contributed by atoms with Crippen molar-refractivity contribution < 1.29 is 38.0 Å². The van der Waals surface area contributed by atoms with E-state index < -0.39 is 18.0 Å². The molecule has 1 aromatic heterocycles. The highest BCUT2D eigenvalue weighted by Crippen LogP contribution is 2.38. The number of allylic oxidation sites excluding steroid dienone is 1. The van der Waals surface area contributed by atoms with Crippen LogP contribution < -0.4 is 33.8 Å². The molecule has 1 aliphatic heterocycles. The van der Waals surface area contributed by atoms with E-state index in [4.69, 9.17) is 23.7 Å². The fourth-order valence-electron chi connectivity index (χ4n) is 4.71. The summed E-state index contributed by atoms with van der Waals surface area (Å²) in [5, 5.41) is 0. The van der Waals surface area contributed by atoms with Crippen molar-refractivity contribution in [3.8, 4) is 23.0 Å². The van der Waals surface area contributed by atoms with Crippen molar-refractivity contribution in [2.75, 3.05) is 34.0 Å². The fourth-order valence-corrected chi connectivity index (χ4v) is 6.31. The smallest absolute Gasteiger partial charge is 0.343 e. The van der Waals surface area contributed by atoms with Crippen LogP contribution in [0.5, 0.6) is 23.0 Å². The summed E-state index contributed by atoms with van der Waals surface area (Å²) in [5.74, 6) is 0.569. The van der Waals surface area contributed by atoms with Crippen molar-refractivity contribution in [2.24, 2.45) is 4.99 Å². The Hall–Kier alpha value is -4.10. The number of carbonyl (C=O) groups is 2. The summed E-state index contributed by atoms with van der Waals surface area (Å²) in [5.41, 5.74) is 1.56. The SMILES string of the molecule is CCOC(=O)C1=C(C)N=c2s/c(=C/c3cc(Br)c(OC(C)C)c(OC)c3)c(=O)n2[C@@H]1c1ccc(OCC(=O)OC)c(OCC)c1. The first kappa shape index (κ1) is 33.8. The van der Waals surface area contributed by atoms with Crippen molar-refractivity contribution in [3.63, 3.8) is 0 Å². The first-order valence-electron chi connectivity index (χ1n) is 14.2. The Labute approximate surface area is 272 Å². The molecule has 0 spiro atoms. The molecule has 1 aliphatic rings. The number of ether oxygens (including phenoxy) is 6. The quantitative estimate of drug-likeness (QED) is 0.254. The van der Waals surface area contributed by atoms with E-state index in [-0.39, 0.29) is 30.5 Å². The first-order valence-corrected chi connectivity index (χ1v) is 15.8. The average molecular weight is 704 g/mol. The largest absolute Gasteiger partial charge is 0.493 e. The Morgan fingerprint density at radius 3 is 2.47 bits per heavy atom. The van der Waals surface area contributed by atoms with Crippen molar-refractivity contribution >= 4 is 45.3 Å². The number of esters is 2. The monoisotopic (exact) mass is 702 g/mol. The van der Waals surface area contributed by atoms with Crippen LogP contribution in [-0.2, 0) is 19.1 Å². The third-order valence-corrected chi connectivity index (χ3v) is 8.15. The summed E-state index contributed by atoms with van der Waals surface area (Å²) in [4.78, 5) is 44.2. The molecule has 3 aromatic rings. The maximum Gasteiger partial charge on any atom is 0.343 e. The number of nitrogens with zero attached hydrogens (tertiary/aromatic N) is 2. The highest BCUT2D eigenvalue weighted by atomic mass is 79.9. The van der Waals surface area contributed by atoms with Gasteiger partial charge < -0.3 is 28.4 Å². The van der Waals surface area contributed by atoms with Gasteiger partial charge in [-0.05, 0) is 92.0 Å². The molecule has 0 radical (unpaired) electrons. The molecule has 0 bridgehead atoms. The molecule has 0 saturated carbocycles. The van der Waals surface area contributed by atoms with E-state index in [1.807, 2.05) is 26.8 Å². The number of rotatable bonds is 12. The van der Waals surface area contributed by atoms with Gasteiger partial charge in [0.25, 0.3) is 5.56 Å². The third-order valence-electron chi connectivity index (χ3n) is 6.58. The Morgan fingerprint density at radius 2 is 1.82 bits per heavy atom. The summed E-state index contributed by atoms with van der Waals surface area (Å²) in [6.07, 6.45) is 1.67. The zero-order valence-electron chi connectivity index (χ0n) is 26.1. The van der Waals surface area contributed by atoms with Gasteiger partial charge in [-0.25, -0.2) is 14.6 Å². The molecule has 240 valence electrons. The van der Waals surface area contributed by atoms with Gasteiger partial charge in [0.15, 0.2) is 34.4 Å². The topological polar surface area (TPSA) is 124 Å². The van der Waals surface area contributed by atoms with Crippen LogP contribution in [0.1, 0.15) is 51.8 Å². The van der Waals surface area contributed by atoms with Crippen molar-refractivity contribution in [1.29, 1.82) is 0 Å². The predicted octanol–water partition coefficient (Wildman–Crippen LogP) is 4.31. The van der Waals surface area contributed by atoms with Gasteiger partial charge >= 0.3 is 11.9 Å². The highest BCUT2D eigenvalue weighted by molar-refractivity contribution is 9.10. The van der Waals surface area contributed by atoms with Crippen molar-refractivity contribution in [1.82, 2.24) is 4.57 Å². The molecule has 0 N–H and O–H groups in total. The van der Waals surface area contributed by atoms with Crippen molar-refractivity contribution in [3.05, 3.63) is 76.9 Å². The molecule has 11 nitrogen and oxygen atoms in total.